The molecule has 0 aliphatic carbocycles. The Morgan fingerprint density at radius 2 is 2.50 bits per heavy atom. The third-order valence-corrected chi connectivity index (χ3v) is 2.06. The van der Waals surface area contributed by atoms with Gasteiger partial charge in [-0.05, 0) is 28.1 Å². The van der Waals surface area contributed by atoms with Gasteiger partial charge < -0.3 is 5.32 Å². The predicted octanol–water partition coefficient (Wildman–Crippen LogP) is 1.48. The van der Waals surface area contributed by atoms with E-state index < -0.39 is 0 Å². The van der Waals surface area contributed by atoms with Crippen LogP contribution in [0.25, 0.3) is 0 Å². The van der Waals surface area contributed by atoms with Crippen LogP contribution in [0.1, 0.15) is 12.6 Å². The summed E-state index contributed by atoms with van der Waals surface area (Å²) in [4.78, 5) is 14.7. The molecule has 0 atom stereocenters. The number of halogens is 1. The van der Waals surface area contributed by atoms with E-state index in [4.69, 9.17) is 0 Å². The molecule has 0 aliphatic rings. The minimum atomic E-state index is -0.0486. The van der Waals surface area contributed by atoms with Crippen molar-refractivity contribution in [2.24, 2.45) is 0 Å². The summed E-state index contributed by atoms with van der Waals surface area (Å²) in [6.45, 7) is 1.95. The summed E-state index contributed by atoms with van der Waals surface area (Å²) in [5.74, 6) is -0.0486. The minimum absolute atomic E-state index is 0.0486. The van der Waals surface area contributed by atoms with Crippen LogP contribution in [0.5, 0.6) is 0 Å². The molecule has 1 N–H and O–H groups in total. The number of pyridine rings is 1. The summed E-state index contributed by atoms with van der Waals surface area (Å²) < 4.78 is 0.916. The van der Waals surface area contributed by atoms with Crippen LogP contribution in [0.15, 0.2) is 22.8 Å². The van der Waals surface area contributed by atoms with Crippen molar-refractivity contribution in [3.8, 4) is 0 Å². The average Bonchev–Trinajstić information content (AvgIpc) is 2.03. The molecular weight excluding hydrogens is 220 g/mol. The second kappa shape index (κ2) is 4.21. The third kappa shape index (κ3) is 2.62. The van der Waals surface area contributed by atoms with Gasteiger partial charge in [-0.2, -0.15) is 0 Å². The maximum atomic E-state index is 10.6. The molecule has 3 nitrogen and oxygen atoms in total. The second-order valence-electron chi connectivity index (χ2n) is 2.34. The number of carbonyl (C=O) groups excluding carboxylic acids is 1. The van der Waals surface area contributed by atoms with E-state index in [9.17, 15) is 4.79 Å². The number of aromatic nitrogens is 1. The lowest BCUT2D eigenvalue weighted by atomic mass is 10.3. The van der Waals surface area contributed by atoms with Crippen molar-refractivity contribution in [3.05, 3.63) is 28.5 Å². The highest BCUT2D eigenvalue weighted by Gasteiger charge is 1.99. The lowest BCUT2D eigenvalue weighted by Gasteiger charge is -2.02. The van der Waals surface area contributed by atoms with E-state index in [1.165, 1.54) is 6.92 Å². The van der Waals surface area contributed by atoms with E-state index in [1.807, 2.05) is 12.1 Å². The van der Waals surface area contributed by atoms with Crippen molar-refractivity contribution in [3.63, 3.8) is 0 Å². The summed E-state index contributed by atoms with van der Waals surface area (Å²) in [5, 5.41) is 2.67. The molecule has 0 spiro atoms. The van der Waals surface area contributed by atoms with Crippen molar-refractivity contribution in [1.29, 1.82) is 0 Å². The van der Waals surface area contributed by atoms with E-state index in [2.05, 4.69) is 26.2 Å². The van der Waals surface area contributed by atoms with Crippen LogP contribution in [-0.4, -0.2) is 10.9 Å². The molecule has 1 rings (SSSR count). The molecule has 0 saturated carbocycles. The Kier molecular flexibility index (Phi) is 3.22. The predicted molar refractivity (Wildman–Crippen MR) is 49.5 cm³/mol. The van der Waals surface area contributed by atoms with Crippen LogP contribution in [0.4, 0.5) is 0 Å². The Labute approximate surface area is 79.3 Å². The first-order chi connectivity index (χ1) is 5.70. The maximum absolute atomic E-state index is 10.6. The second-order valence-corrected chi connectivity index (χ2v) is 3.20. The number of nitrogens with one attached hydrogen (secondary N) is 1. The Balaban J connectivity index is 2.63. The number of nitrogens with zero attached hydrogens (tertiary/aromatic N) is 1. The van der Waals surface area contributed by atoms with Crippen molar-refractivity contribution in [2.75, 3.05) is 0 Å². The summed E-state index contributed by atoms with van der Waals surface area (Å²) >= 11 is 3.33. The van der Waals surface area contributed by atoms with E-state index in [1.54, 1.807) is 6.20 Å². The number of amides is 1. The number of hydrogen-bond donors (Lipinski definition) is 1. The van der Waals surface area contributed by atoms with Crippen LogP contribution in [-0.2, 0) is 11.3 Å². The van der Waals surface area contributed by atoms with Crippen LogP contribution in [0.2, 0.25) is 0 Å². The lowest BCUT2D eigenvalue weighted by molar-refractivity contribution is -0.119. The fourth-order valence-electron chi connectivity index (χ4n) is 0.757. The highest BCUT2D eigenvalue weighted by molar-refractivity contribution is 9.10. The van der Waals surface area contributed by atoms with Gasteiger partial charge in [-0.3, -0.25) is 9.78 Å². The monoisotopic (exact) mass is 228 g/mol. The quantitative estimate of drug-likeness (QED) is 0.834. The molecule has 0 aliphatic heterocycles. The normalized spacial score (nSPS) is 9.50. The topological polar surface area (TPSA) is 42.0 Å². The van der Waals surface area contributed by atoms with Crippen molar-refractivity contribution >= 4 is 21.8 Å². The molecule has 4 heteroatoms. The van der Waals surface area contributed by atoms with Gasteiger partial charge in [0, 0.05) is 17.6 Å². The third-order valence-electron chi connectivity index (χ3n) is 1.34. The van der Waals surface area contributed by atoms with E-state index in [-0.39, 0.29) is 5.91 Å². The lowest BCUT2D eigenvalue weighted by Crippen LogP contribution is -2.19. The SMILES string of the molecule is CC(=O)NCc1ncccc1Br. The zero-order valence-electron chi connectivity index (χ0n) is 6.67. The Morgan fingerprint density at radius 3 is 3.08 bits per heavy atom. The largest absolute Gasteiger partial charge is 0.351 e. The zero-order chi connectivity index (χ0) is 8.97. The average molecular weight is 229 g/mol. The molecule has 64 valence electrons. The molecule has 1 amide bonds. The molecule has 0 bridgehead atoms. The Bertz CT molecular complexity index is 288. The van der Waals surface area contributed by atoms with Crippen LogP contribution >= 0.6 is 15.9 Å². The van der Waals surface area contributed by atoms with Gasteiger partial charge >= 0.3 is 0 Å². The highest BCUT2D eigenvalue weighted by atomic mass is 79.9. The van der Waals surface area contributed by atoms with Crippen molar-refractivity contribution in [2.45, 2.75) is 13.5 Å². The fraction of sp³-hybridized carbons (Fsp3) is 0.250. The standard InChI is InChI=1S/C8H9BrN2O/c1-6(12)11-5-8-7(9)3-2-4-10-8/h2-4H,5H2,1H3,(H,11,12). The van der Waals surface area contributed by atoms with Crippen molar-refractivity contribution in [1.82, 2.24) is 10.3 Å². The van der Waals surface area contributed by atoms with Crippen LogP contribution < -0.4 is 5.32 Å². The molecular formula is C8H9BrN2O. The number of rotatable bonds is 2. The summed E-state index contributed by atoms with van der Waals surface area (Å²) in [6.07, 6.45) is 1.70. The van der Waals surface area contributed by atoms with E-state index >= 15 is 0 Å². The van der Waals surface area contributed by atoms with Crippen molar-refractivity contribution < 1.29 is 4.79 Å². The first-order valence-corrected chi connectivity index (χ1v) is 4.33. The number of hydrogen-bond acceptors (Lipinski definition) is 2. The molecule has 0 aromatic carbocycles. The van der Waals surface area contributed by atoms with Gasteiger partial charge in [-0.1, -0.05) is 0 Å². The maximum Gasteiger partial charge on any atom is 0.217 e. The smallest absolute Gasteiger partial charge is 0.217 e. The molecule has 12 heavy (non-hydrogen) atoms. The minimum Gasteiger partial charge on any atom is -0.351 e. The molecule has 1 aromatic heterocycles. The van der Waals surface area contributed by atoms with Crippen LogP contribution in [0, 0.1) is 0 Å². The molecule has 0 saturated heterocycles. The van der Waals surface area contributed by atoms with Gasteiger partial charge in [0.25, 0.3) is 0 Å². The fourth-order valence-corrected chi connectivity index (χ4v) is 1.15. The summed E-state index contributed by atoms with van der Waals surface area (Å²) in [7, 11) is 0. The Morgan fingerprint density at radius 1 is 1.75 bits per heavy atom. The van der Waals surface area contributed by atoms with Gasteiger partial charge in [0.05, 0.1) is 12.2 Å². The first-order valence-electron chi connectivity index (χ1n) is 3.54. The Hall–Kier alpha value is -0.900. The van der Waals surface area contributed by atoms with Gasteiger partial charge in [0.15, 0.2) is 0 Å². The summed E-state index contributed by atoms with van der Waals surface area (Å²) in [6, 6.07) is 3.73. The molecule has 1 heterocycles. The molecule has 0 radical (unpaired) electrons. The molecule has 0 unspecified atom stereocenters. The van der Waals surface area contributed by atoms with E-state index in [0.717, 1.165) is 10.2 Å². The van der Waals surface area contributed by atoms with Gasteiger partial charge in [-0.25, -0.2) is 0 Å². The molecule has 1 aromatic rings. The highest BCUT2D eigenvalue weighted by Crippen LogP contribution is 2.12. The van der Waals surface area contributed by atoms with Gasteiger partial charge in [0.1, 0.15) is 0 Å². The van der Waals surface area contributed by atoms with Gasteiger partial charge in [0.2, 0.25) is 5.91 Å². The summed E-state index contributed by atoms with van der Waals surface area (Å²) in [5.41, 5.74) is 0.840. The van der Waals surface area contributed by atoms with E-state index in [0.29, 0.717) is 6.54 Å². The first kappa shape index (κ1) is 9.19. The van der Waals surface area contributed by atoms with Crippen LogP contribution in [0.3, 0.4) is 0 Å². The van der Waals surface area contributed by atoms with Gasteiger partial charge in [-0.15, -0.1) is 0 Å². The molecule has 0 fully saturated rings. The zero-order valence-corrected chi connectivity index (χ0v) is 8.26. The number of carbonyl (C=O) groups is 1.